The molecule has 0 aliphatic heterocycles. The van der Waals surface area contributed by atoms with E-state index in [0.717, 1.165) is 0 Å². The molecular formula is C17H20N4O6S. The number of nitro groups is 1. The van der Waals surface area contributed by atoms with Crippen molar-refractivity contribution in [3.63, 3.8) is 0 Å². The van der Waals surface area contributed by atoms with Gasteiger partial charge in [-0.05, 0) is 44.2 Å². The SMILES string of the molecule is CCOc1cc(C=NNc2ccc(S(N)(=O)=O)cc2)cc([N+](=O)[O-])c1OCC. The van der Waals surface area contributed by atoms with Gasteiger partial charge in [0.05, 0.1) is 34.9 Å². The second-order valence-corrected chi connectivity index (χ2v) is 6.99. The molecule has 0 atom stereocenters. The molecule has 2 rings (SSSR count). The molecule has 0 heterocycles. The fraction of sp³-hybridized carbons (Fsp3) is 0.235. The first-order chi connectivity index (χ1) is 13.3. The Morgan fingerprint density at radius 3 is 2.36 bits per heavy atom. The number of hydrazone groups is 1. The van der Waals surface area contributed by atoms with E-state index in [2.05, 4.69) is 10.5 Å². The molecule has 0 aromatic heterocycles. The summed E-state index contributed by atoms with van der Waals surface area (Å²) in [6.07, 6.45) is 1.37. The minimum absolute atomic E-state index is 0.0227. The van der Waals surface area contributed by atoms with Gasteiger partial charge in [-0.2, -0.15) is 5.10 Å². The lowest BCUT2D eigenvalue weighted by molar-refractivity contribution is -0.385. The normalized spacial score (nSPS) is 11.4. The molecular weight excluding hydrogens is 388 g/mol. The first-order valence-corrected chi connectivity index (χ1v) is 9.80. The molecule has 150 valence electrons. The second kappa shape index (κ2) is 9.15. The third-order valence-corrected chi connectivity index (χ3v) is 4.36. The minimum atomic E-state index is -3.77. The monoisotopic (exact) mass is 408 g/mol. The molecule has 0 saturated heterocycles. The van der Waals surface area contributed by atoms with Crippen LogP contribution in [0, 0.1) is 10.1 Å². The highest BCUT2D eigenvalue weighted by molar-refractivity contribution is 7.89. The van der Waals surface area contributed by atoms with Crippen LogP contribution >= 0.6 is 0 Å². The molecule has 10 nitrogen and oxygen atoms in total. The van der Waals surface area contributed by atoms with Crippen LogP contribution in [0.5, 0.6) is 11.5 Å². The van der Waals surface area contributed by atoms with Crippen molar-refractivity contribution in [1.82, 2.24) is 0 Å². The van der Waals surface area contributed by atoms with E-state index in [1.54, 1.807) is 19.9 Å². The van der Waals surface area contributed by atoms with Crippen molar-refractivity contribution < 1.29 is 22.8 Å². The van der Waals surface area contributed by atoms with Crippen molar-refractivity contribution in [2.24, 2.45) is 10.2 Å². The zero-order valence-corrected chi connectivity index (χ0v) is 16.1. The molecule has 0 radical (unpaired) electrons. The lowest BCUT2D eigenvalue weighted by Crippen LogP contribution is -2.11. The average Bonchev–Trinajstić information content (AvgIpc) is 2.63. The van der Waals surface area contributed by atoms with Crippen molar-refractivity contribution in [1.29, 1.82) is 0 Å². The van der Waals surface area contributed by atoms with Gasteiger partial charge in [0.15, 0.2) is 5.75 Å². The summed E-state index contributed by atoms with van der Waals surface area (Å²) < 4.78 is 33.3. The second-order valence-electron chi connectivity index (χ2n) is 5.43. The number of sulfonamides is 1. The van der Waals surface area contributed by atoms with Crippen LogP contribution in [0.3, 0.4) is 0 Å². The third-order valence-electron chi connectivity index (χ3n) is 3.43. The van der Waals surface area contributed by atoms with E-state index >= 15 is 0 Å². The highest BCUT2D eigenvalue weighted by atomic mass is 32.2. The summed E-state index contributed by atoms with van der Waals surface area (Å²) in [6, 6.07) is 8.55. The van der Waals surface area contributed by atoms with Crippen LogP contribution in [0.15, 0.2) is 46.4 Å². The Labute approximate surface area is 162 Å². The quantitative estimate of drug-likeness (QED) is 0.368. The molecule has 0 unspecified atom stereocenters. The fourth-order valence-corrected chi connectivity index (χ4v) is 2.79. The van der Waals surface area contributed by atoms with Gasteiger partial charge in [0.2, 0.25) is 15.8 Å². The molecule has 0 aliphatic carbocycles. The highest BCUT2D eigenvalue weighted by Crippen LogP contribution is 2.38. The van der Waals surface area contributed by atoms with Crippen LogP contribution in [-0.4, -0.2) is 32.8 Å². The van der Waals surface area contributed by atoms with Gasteiger partial charge in [-0.25, -0.2) is 13.6 Å². The van der Waals surface area contributed by atoms with E-state index in [-0.39, 0.29) is 28.7 Å². The summed E-state index contributed by atoms with van der Waals surface area (Å²) in [7, 11) is -3.77. The van der Waals surface area contributed by atoms with E-state index in [1.165, 1.54) is 36.5 Å². The Kier molecular flexibility index (Phi) is 6.90. The number of ether oxygens (including phenoxy) is 2. The molecule has 0 amide bonds. The van der Waals surface area contributed by atoms with Crippen molar-refractivity contribution in [3.8, 4) is 11.5 Å². The summed E-state index contributed by atoms with van der Waals surface area (Å²) in [4.78, 5) is 10.8. The number of anilines is 1. The van der Waals surface area contributed by atoms with Gasteiger partial charge in [0, 0.05) is 11.6 Å². The summed E-state index contributed by atoms with van der Waals surface area (Å²) in [5.41, 5.74) is 3.41. The number of nitrogens with zero attached hydrogens (tertiary/aromatic N) is 2. The summed E-state index contributed by atoms with van der Waals surface area (Å²) >= 11 is 0. The van der Waals surface area contributed by atoms with Crippen molar-refractivity contribution in [2.45, 2.75) is 18.7 Å². The largest absolute Gasteiger partial charge is 0.490 e. The highest BCUT2D eigenvalue weighted by Gasteiger charge is 2.22. The van der Waals surface area contributed by atoms with Gasteiger partial charge in [0.1, 0.15) is 0 Å². The van der Waals surface area contributed by atoms with Gasteiger partial charge in [0.25, 0.3) is 0 Å². The number of rotatable bonds is 9. The Bertz CT molecular complexity index is 974. The van der Waals surface area contributed by atoms with Crippen molar-refractivity contribution in [3.05, 3.63) is 52.1 Å². The van der Waals surface area contributed by atoms with Crippen molar-refractivity contribution in [2.75, 3.05) is 18.6 Å². The molecule has 2 aromatic carbocycles. The lowest BCUT2D eigenvalue weighted by Gasteiger charge is -2.11. The van der Waals surface area contributed by atoms with Crippen LogP contribution in [0.4, 0.5) is 11.4 Å². The Hall–Kier alpha value is -3.18. The van der Waals surface area contributed by atoms with Crippen LogP contribution in [0.25, 0.3) is 0 Å². The topological polar surface area (TPSA) is 146 Å². The predicted octanol–water partition coefficient (Wildman–Crippen LogP) is 2.49. The Balaban J connectivity index is 2.26. The van der Waals surface area contributed by atoms with E-state index in [9.17, 15) is 18.5 Å². The molecule has 0 fully saturated rings. The molecule has 3 N–H and O–H groups in total. The summed E-state index contributed by atoms with van der Waals surface area (Å²) in [6.45, 7) is 4.05. The van der Waals surface area contributed by atoms with E-state index < -0.39 is 14.9 Å². The van der Waals surface area contributed by atoms with Crippen LogP contribution in [0.1, 0.15) is 19.4 Å². The maximum atomic E-state index is 11.4. The number of benzene rings is 2. The van der Waals surface area contributed by atoms with Gasteiger partial charge in [-0.3, -0.25) is 15.5 Å². The molecule has 0 aliphatic rings. The van der Waals surface area contributed by atoms with Crippen LogP contribution < -0.4 is 20.0 Å². The Morgan fingerprint density at radius 1 is 1.18 bits per heavy atom. The van der Waals surface area contributed by atoms with E-state index in [4.69, 9.17) is 14.6 Å². The zero-order chi connectivity index (χ0) is 20.7. The molecule has 11 heteroatoms. The Morgan fingerprint density at radius 2 is 1.82 bits per heavy atom. The van der Waals surface area contributed by atoms with Gasteiger partial charge < -0.3 is 9.47 Å². The van der Waals surface area contributed by atoms with Gasteiger partial charge in [-0.1, -0.05) is 0 Å². The van der Waals surface area contributed by atoms with Crippen LogP contribution in [-0.2, 0) is 10.0 Å². The molecule has 0 saturated carbocycles. The maximum absolute atomic E-state index is 11.4. The fourth-order valence-electron chi connectivity index (χ4n) is 2.27. The first kappa shape index (κ1) is 21.1. The number of nitro benzene ring substituents is 1. The number of primary sulfonamides is 1. The predicted molar refractivity (Wildman–Crippen MR) is 104 cm³/mol. The van der Waals surface area contributed by atoms with Gasteiger partial charge in [-0.15, -0.1) is 0 Å². The lowest BCUT2D eigenvalue weighted by atomic mass is 10.2. The smallest absolute Gasteiger partial charge is 0.315 e. The average molecular weight is 408 g/mol. The summed E-state index contributed by atoms with van der Waals surface area (Å²) in [5.74, 6) is 0.315. The molecule has 0 spiro atoms. The minimum Gasteiger partial charge on any atom is -0.490 e. The number of nitrogens with two attached hydrogens (primary N) is 1. The number of hydrogen-bond acceptors (Lipinski definition) is 8. The van der Waals surface area contributed by atoms with Gasteiger partial charge >= 0.3 is 5.69 Å². The molecule has 0 bridgehead atoms. The van der Waals surface area contributed by atoms with Crippen LogP contribution in [0.2, 0.25) is 0 Å². The number of hydrogen-bond donors (Lipinski definition) is 2. The van der Waals surface area contributed by atoms with Crippen molar-refractivity contribution >= 4 is 27.6 Å². The van der Waals surface area contributed by atoms with E-state index in [1.807, 2.05) is 0 Å². The standard InChI is InChI=1S/C17H20N4O6S/c1-3-26-16-10-12(9-15(21(22)23)17(16)27-4-2)11-19-20-13-5-7-14(8-6-13)28(18,24)25/h5-11,20H,3-4H2,1-2H3,(H2,18,24,25). The van der Waals surface area contributed by atoms with E-state index in [0.29, 0.717) is 17.9 Å². The number of nitrogens with one attached hydrogen (secondary N) is 1. The molecule has 28 heavy (non-hydrogen) atoms. The summed E-state index contributed by atoms with van der Waals surface area (Å²) in [5, 5.41) is 20.4. The maximum Gasteiger partial charge on any atom is 0.315 e. The first-order valence-electron chi connectivity index (χ1n) is 8.26. The molecule has 2 aromatic rings. The third kappa shape index (κ3) is 5.41. The zero-order valence-electron chi connectivity index (χ0n) is 15.3.